The van der Waals surface area contributed by atoms with E-state index in [-0.39, 0.29) is 5.92 Å². The third kappa shape index (κ3) is 6.21. The Morgan fingerprint density at radius 1 is 1.06 bits per heavy atom. The molecule has 2 fully saturated rings. The van der Waals surface area contributed by atoms with Crippen molar-refractivity contribution in [3.8, 4) is 11.3 Å². The number of nitrogens with zero attached hydrogens (tertiary/aromatic N) is 4. The fourth-order valence-electron chi connectivity index (χ4n) is 4.92. The number of hydrogen-bond donors (Lipinski definition) is 1. The molecule has 1 amide bonds. The minimum absolute atomic E-state index is 0.174. The van der Waals surface area contributed by atoms with Crippen molar-refractivity contribution in [2.75, 3.05) is 24.1 Å². The van der Waals surface area contributed by atoms with Gasteiger partial charge in [-0.25, -0.2) is 4.21 Å². The average Bonchev–Trinajstić information content (AvgIpc) is 3.69. The highest BCUT2D eigenvalue weighted by molar-refractivity contribution is 7.85. The molecule has 1 aliphatic carbocycles. The summed E-state index contributed by atoms with van der Waals surface area (Å²) in [5.74, 6) is 0.516. The highest BCUT2D eigenvalue weighted by atomic mass is 32.2. The molecule has 1 saturated carbocycles. The Morgan fingerprint density at radius 2 is 1.71 bits per heavy atom. The second kappa shape index (κ2) is 11.4. The van der Waals surface area contributed by atoms with Crippen LogP contribution >= 0.6 is 0 Å². The third-order valence-electron chi connectivity index (χ3n) is 7.09. The van der Waals surface area contributed by atoms with Crippen LogP contribution in [0.2, 0.25) is 0 Å². The maximum absolute atomic E-state index is 12.8. The lowest BCUT2D eigenvalue weighted by Gasteiger charge is -2.39. The van der Waals surface area contributed by atoms with Gasteiger partial charge in [0, 0.05) is 55.1 Å². The minimum atomic E-state index is -1.09. The van der Waals surface area contributed by atoms with E-state index in [1.165, 1.54) is 12.8 Å². The van der Waals surface area contributed by atoms with Crippen LogP contribution in [0, 0.1) is 5.92 Å². The first kappa shape index (κ1) is 24.8. The molecule has 4 rings (SSSR count). The summed E-state index contributed by atoms with van der Waals surface area (Å²) in [7, 11) is -1.09. The zero-order valence-electron chi connectivity index (χ0n) is 20.6. The maximum atomic E-state index is 12.8. The van der Waals surface area contributed by atoms with Gasteiger partial charge < -0.3 is 9.62 Å². The van der Waals surface area contributed by atoms with Gasteiger partial charge in [-0.05, 0) is 50.7 Å². The Hall–Kier alpha value is -2.32. The van der Waals surface area contributed by atoms with Crippen LogP contribution in [0.25, 0.3) is 11.3 Å². The molecule has 0 bridgehead atoms. The van der Waals surface area contributed by atoms with Crippen molar-refractivity contribution in [1.29, 1.82) is 0 Å². The molecule has 1 aromatic heterocycles. The van der Waals surface area contributed by atoms with Crippen LogP contribution in [0.4, 0.5) is 5.69 Å². The molecular weight excluding hydrogens is 446 g/mol. The van der Waals surface area contributed by atoms with Gasteiger partial charge in [-0.15, -0.1) is 0 Å². The molecule has 1 N–H and O–H groups in total. The Bertz CT molecular complexity index is 966. The zero-order valence-corrected chi connectivity index (χ0v) is 21.4. The standard InChI is InChI=1S/C26H37N5O2S/c1-4-19(5-2)26(32)30-14-12-24(13-15-30)31(23-10-11-23)18-22-16-28-25(17-27-22)20-6-8-21(9-7-20)29-34(3)33/h6-9,16-17,19,23-24,29H,4-5,10-15,18H2,1-3H3. The normalized spacial score (nSPS) is 17.9. The van der Waals surface area contributed by atoms with Gasteiger partial charge in [-0.3, -0.25) is 19.7 Å². The number of carbonyl (C=O) groups excluding carboxylic acids is 1. The van der Waals surface area contributed by atoms with Crippen molar-refractivity contribution in [1.82, 2.24) is 19.8 Å². The van der Waals surface area contributed by atoms with Crippen LogP contribution in [-0.2, 0) is 22.3 Å². The molecule has 0 radical (unpaired) electrons. The fraction of sp³-hybridized carbons (Fsp3) is 0.577. The zero-order chi connectivity index (χ0) is 24.1. The largest absolute Gasteiger partial charge is 0.342 e. The number of anilines is 1. The summed E-state index contributed by atoms with van der Waals surface area (Å²) in [4.78, 5) is 26.9. The summed E-state index contributed by atoms with van der Waals surface area (Å²) in [6.07, 6.45) is 11.8. The summed E-state index contributed by atoms with van der Waals surface area (Å²) >= 11 is 0. The quantitative estimate of drug-likeness (QED) is 0.547. The molecule has 34 heavy (non-hydrogen) atoms. The number of hydrogen-bond acceptors (Lipinski definition) is 5. The second-order valence-corrected chi connectivity index (χ2v) is 10.6. The number of likely N-dealkylation sites (tertiary alicyclic amines) is 1. The highest BCUT2D eigenvalue weighted by Gasteiger charge is 2.36. The van der Waals surface area contributed by atoms with Crippen LogP contribution in [0.3, 0.4) is 0 Å². The summed E-state index contributed by atoms with van der Waals surface area (Å²) in [5.41, 5.74) is 3.63. The van der Waals surface area contributed by atoms with E-state index < -0.39 is 11.0 Å². The van der Waals surface area contributed by atoms with Gasteiger partial charge in [-0.1, -0.05) is 26.0 Å². The number of carbonyl (C=O) groups is 1. The summed E-state index contributed by atoms with van der Waals surface area (Å²) in [6.45, 7) is 6.77. The van der Waals surface area contributed by atoms with E-state index >= 15 is 0 Å². The van der Waals surface area contributed by atoms with Crippen molar-refractivity contribution in [3.63, 3.8) is 0 Å². The lowest BCUT2D eigenvalue weighted by molar-refractivity contribution is -0.137. The Labute approximate surface area is 205 Å². The second-order valence-electron chi connectivity index (χ2n) is 9.50. The number of piperidine rings is 1. The number of rotatable bonds is 10. The monoisotopic (exact) mass is 483 g/mol. The van der Waals surface area contributed by atoms with Crippen molar-refractivity contribution in [2.24, 2.45) is 5.92 Å². The molecule has 2 aliphatic rings. The Kier molecular flexibility index (Phi) is 8.32. The van der Waals surface area contributed by atoms with E-state index in [9.17, 15) is 9.00 Å². The molecule has 7 nitrogen and oxygen atoms in total. The van der Waals surface area contributed by atoms with Gasteiger partial charge in [0.15, 0.2) is 0 Å². The molecule has 2 heterocycles. The van der Waals surface area contributed by atoms with Gasteiger partial charge in [0.25, 0.3) is 0 Å². The number of aromatic nitrogens is 2. The molecular formula is C26H37N5O2S. The Morgan fingerprint density at radius 3 is 2.24 bits per heavy atom. The molecule has 1 atom stereocenters. The van der Waals surface area contributed by atoms with E-state index in [1.807, 2.05) is 36.7 Å². The molecule has 1 unspecified atom stereocenters. The first-order chi connectivity index (χ1) is 16.5. The first-order valence-corrected chi connectivity index (χ1v) is 14.1. The maximum Gasteiger partial charge on any atom is 0.225 e. The van der Waals surface area contributed by atoms with E-state index in [1.54, 1.807) is 6.26 Å². The van der Waals surface area contributed by atoms with Crippen molar-refractivity contribution >= 4 is 22.6 Å². The molecule has 184 valence electrons. The summed E-state index contributed by atoms with van der Waals surface area (Å²) in [6, 6.07) is 8.88. The average molecular weight is 484 g/mol. The van der Waals surface area contributed by atoms with Gasteiger partial charge in [0.1, 0.15) is 11.0 Å². The number of benzene rings is 1. The Balaban J connectivity index is 1.36. The highest BCUT2D eigenvalue weighted by Crippen LogP contribution is 2.33. The van der Waals surface area contributed by atoms with E-state index in [0.717, 1.165) is 68.0 Å². The smallest absolute Gasteiger partial charge is 0.225 e. The molecule has 1 aliphatic heterocycles. The molecule has 8 heteroatoms. The summed E-state index contributed by atoms with van der Waals surface area (Å²) in [5, 5.41) is 0. The van der Waals surface area contributed by atoms with Crippen LogP contribution in [0.1, 0.15) is 58.1 Å². The lowest BCUT2D eigenvalue weighted by atomic mass is 9.97. The third-order valence-corrected chi connectivity index (χ3v) is 7.61. The summed E-state index contributed by atoms with van der Waals surface area (Å²) < 4.78 is 14.2. The number of amides is 1. The van der Waals surface area contributed by atoms with Gasteiger partial charge in [0.2, 0.25) is 5.91 Å². The minimum Gasteiger partial charge on any atom is -0.342 e. The topological polar surface area (TPSA) is 78.4 Å². The van der Waals surface area contributed by atoms with Crippen LogP contribution < -0.4 is 4.72 Å². The molecule has 0 spiro atoms. The SMILES string of the molecule is CCC(CC)C(=O)N1CCC(N(Cc2cnc(-c3ccc(NS(C)=O)cc3)cn2)C2CC2)CC1. The predicted molar refractivity (Wildman–Crippen MR) is 137 cm³/mol. The fourth-order valence-corrected chi connectivity index (χ4v) is 5.39. The van der Waals surface area contributed by atoms with Crippen molar-refractivity contribution < 1.29 is 9.00 Å². The molecule has 1 aromatic carbocycles. The van der Waals surface area contributed by atoms with Gasteiger partial charge in [0.05, 0.1) is 23.8 Å². The van der Waals surface area contributed by atoms with Crippen molar-refractivity contribution in [3.05, 3.63) is 42.4 Å². The van der Waals surface area contributed by atoms with E-state index in [2.05, 4.69) is 33.4 Å². The van der Waals surface area contributed by atoms with Gasteiger partial charge in [-0.2, -0.15) is 0 Å². The van der Waals surface area contributed by atoms with Crippen LogP contribution in [0.5, 0.6) is 0 Å². The lowest BCUT2D eigenvalue weighted by Crippen LogP contribution is -2.48. The van der Waals surface area contributed by atoms with E-state index in [4.69, 9.17) is 4.98 Å². The van der Waals surface area contributed by atoms with E-state index in [0.29, 0.717) is 18.0 Å². The predicted octanol–water partition coefficient (Wildman–Crippen LogP) is 4.24. The van der Waals surface area contributed by atoms with Gasteiger partial charge >= 0.3 is 0 Å². The molecule has 1 saturated heterocycles. The van der Waals surface area contributed by atoms with Crippen LogP contribution in [0.15, 0.2) is 36.7 Å². The first-order valence-electron chi connectivity index (χ1n) is 12.5. The number of nitrogens with one attached hydrogen (secondary N) is 1. The van der Waals surface area contributed by atoms with Crippen LogP contribution in [-0.4, -0.2) is 61.3 Å². The van der Waals surface area contributed by atoms with Crippen molar-refractivity contribution in [2.45, 2.75) is 71.0 Å². The molecule has 2 aromatic rings.